The summed E-state index contributed by atoms with van der Waals surface area (Å²) in [4.78, 5) is 14.8. The van der Waals surface area contributed by atoms with Crippen LogP contribution in [0.5, 0.6) is 0 Å². The van der Waals surface area contributed by atoms with Crippen molar-refractivity contribution in [2.24, 2.45) is 10.8 Å². The van der Waals surface area contributed by atoms with Crippen molar-refractivity contribution in [2.75, 3.05) is 12.3 Å². The Kier molecular flexibility index (Phi) is 4.00. The van der Waals surface area contributed by atoms with E-state index in [0.717, 1.165) is 24.9 Å². The molecule has 21 heavy (non-hydrogen) atoms. The molecule has 1 aromatic rings. The third-order valence-electron chi connectivity index (χ3n) is 4.83. The van der Waals surface area contributed by atoms with Crippen molar-refractivity contribution in [3.8, 4) is 0 Å². The number of carbonyl (C=O) groups excluding carboxylic acids is 1. The molecule has 2 N–H and O–H groups in total. The van der Waals surface area contributed by atoms with Crippen molar-refractivity contribution in [3.63, 3.8) is 0 Å². The zero-order valence-corrected chi connectivity index (χ0v) is 13.9. The number of anilines is 1. The monoisotopic (exact) mass is 308 g/mol. The van der Waals surface area contributed by atoms with Gasteiger partial charge < -0.3 is 10.6 Å². The normalized spacial score (nSPS) is 29.9. The van der Waals surface area contributed by atoms with E-state index < -0.39 is 0 Å². The van der Waals surface area contributed by atoms with Gasteiger partial charge in [0.1, 0.15) is 0 Å². The van der Waals surface area contributed by atoms with Crippen LogP contribution in [0.2, 0.25) is 0 Å². The van der Waals surface area contributed by atoms with Gasteiger partial charge in [-0.25, -0.2) is 0 Å². The lowest BCUT2D eigenvalue weighted by molar-refractivity contribution is 0.0708. The molecule has 2 bridgehead atoms. The highest BCUT2D eigenvalue weighted by molar-refractivity contribution is 5.95. The van der Waals surface area contributed by atoms with E-state index in [2.05, 4.69) is 25.7 Å². The summed E-state index contributed by atoms with van der Waals surface area (Å²) >= 11 is 0. The molecule has 2 aliphatic rings. The van der Waals surface area contributed by atoms with Crippen molar-refractivity contribution in [3.05, 3.63) is 29.8 Å². The summed E-state index contributed by atoms with van der Waals surface area (Å²) in [5.74, 6) is 0.163. The molecule has 1 saturated carbocycles. The molecule has 1 amide bonds. The van der Waals surface area contributed by atoms with Crippen molar-refractivity contribution < 1.29 is 4.79 Å². The first-order chi connectivity index (χ1) is 9.28. The Hall–Kier alpha value is -1.22. The molecular weight excluding hydrogens is 284 g/mol. The molecule has 1 aliphatic carbocycles. The minimum absolute atomic E-state index is 0. The molecule has 1 aliphatic heterocycles. The number of benzene rings is 1. The maximum absolute atomic E-state index is 12.7. The SMILES string of the molecule is CC1(C)CC2CC(C)(CN2C(=O)c2ccc(N)cc2)C1.Cl. The molecule has 1 saturated heterocycles. The van der Waals surface area contributed by atoms with Gasteiger partial charge in [0, 0.05) is 23.8 Å². The molecular formula is C17H25ClN2O. The summed E-state index contributed by atoms with van der Waals surface area (Å²) in [5.41, 5.74) is 7.79. The van der Waals surface area contributed by atoms with E-state index in [4.69, 9.17) is 5.73 Å². The lowest BCUT2D eigenvalue weighted by Gasteiger charge is -2.39. The first-order valence-electron chi connectivity index (χ1n) is 7.45. The lowest BCUT2D eigenvalue weighted by atomic mass is 9.65. The van der Waals surface area contributed by atoms with Crippen molar-refractivity contribution in [1.82, 2.24) is 4.90 Å². The van der Waals surface area contributed by atoms with Crippen LogP contribution < -0.4 is 5.73 Å². The summed E-state index contributed by atoms with van der Waals surface area (Å²) in [6.45, 7) is 7.88. The van der Waals surface area contributed by atoms with E-state index in [-0.39, 0.29) is 23.7 Å². The number of hydrogen-bond acceptors (Lipinski definition) is 2. The molecule has 1 aromatic carbocycles. The summed E-state index contributed by atoms with van der Waals surface area (Å²) in [7, 11) is 0. The highest BCUT2D eigenvalue weighted by Crippen LogP contribution is 2.52. The molecule has 0 aromatic heterocycles. The smallest absolute Gasteiger partial charge is 0.254 e. The second-order valence-electron chi connectivity index (χ2n) is 7.77. The fourth-order valence-corrected chi connectivity index (χ4v) is 4.49. The quantitative estimate of drug-likeness (QED) is 0.804. The fourth-order valence-electron chi connectivity index (χ4n) is 4.49. The van der Waals surface area contributed by atoms with Crippen LogP contribution in [0.25, 0.3) is 0 Å². The van der Waals surface area contributed by atoms with Crippen LogP contribution in [0.4, 0.5) is 5.69 Å². The van der Waals surface area contributed by atoms with Gasteiger partial charge in [0.05, 0.1) is 0 Å². The summed E-state index contributed by atoms with van der Waals surface area (Å²) < 4.78 is 0. The summed E-state index contributed by atoms with van der Waals surface area (Å²) in [6.07, 6.45) is 3.47. The standard InChI is InChI=1S/C17H24N2O.ClH/c1-16(2)8-14-9-17(3,10-16)11-19(14)15(20)12-4-6-13(18)7-5-12;/h4-7,14H,8-11,18H2,1-3H3;1H. The summed E-state index contributed by atoms with van der Waals surface area (Å²) in [6, 6.07) is 7.69. The minimum Gasteiger partial charge on any atom is -0.399 e. The largest absolute Gasteiger partial charge is 0.399 e. The Morgan fingerprint density at radius 1 is 1.19 bits per heavy atom. The topological polar surface area (TPSA) is 46.3 Å². The number of hydrogen-bond donors (Lipinski definition) is 1. The first-order valence-corrected chi connectivity index (χ1v) is 7.45. The molecule has 3 rings (SSSR count). The van der Waals surface area contributed by atoms with Crippen LogP contribution in [0.1, 0.15) is 50.4 Å². The third kappa shape index (κ3) is 3.03. The minimum atomic E-state index is 0. The highest BCUT2D eigenvalue weighted by atomic mass is 35.5. The van der Waals surface area contributed by atoms with Gasteiger partial charge in [-0.05, 0) is 54.4 Å². The molecule has 0 spiro atoms. The second kappa shape index (κ2) is 5.20. The van der Waals surface area contributed by atoms with Gasteiger partial charge in [0.25, 0.3) is 5.91 Å². The number of rotatable bonds is 1. The second-order valence-corrected chi connectivity index (χ2v) is 7.77. The van der Waals surface area contributed by atoms with E-state index in [9.17, 15) is 4.79 Å². The predicted octanol–water partition coefficient (Wildman–Crippen LogP) is 3.73. The maximum Gasteiger partial charge on any atom is 0.254 e. The van der Waals surface area contributed by atoms with Gasteiger partial charge in [-0.3, -0.25) is 4.79 Å². The third-order valence-corrected chi connectivity index (χ3v) is 4.83. The van der Waals surface area contributed by atoms with Crippen LogP contribution in [0.3, 0.4) is 0 Å². The molecule has 2 fully saturated rings. The number of fused-ring (bicyclic) bond motifs is 2. The highest BCUT2D eigenvalue weighted by Gasteiger charge is 2.50. The molecule has 116 valence electrons. The van der Waals surface area contributed by atoms with Crippen LogP contribution in [-0.4, -0.2) is 23.4 Å². The van der Waals surface area contributed by atoms with Crippen molar-refractivity contribution in [2.45, 2.75) is 46.1 Å². The van der Waals surface area contributed by atoms with Crippen molar-refractivity contribution in [1.29, 1.82) is 0 Å². The maximum atomic E-state index is 12.7. The zero-order chi connectivity index (χ0) is 14.5. The Labute approximate surface area is 133 Å². The van der Waals surface area contributed by atoms with E-state index >= 15 is 0 Å². The van der Waals surface area contributed by atoms with Gasteiger partial charge in [-0.1, -0.05) is 20.8 Å². The average molecular weight is 309 g/mol. The zero-order valence-electron chi connectivity index (χ0n) is 13.1. The van der Waals surface area contributed by atoms with Crippen LogP contribution >= 0.6 is 12.4 Å². The first kappa shape index (κ1) is 16.2. The van der Waals surface area contributed by atoms with Gasteiger partial charge in [-0.15, -0.1) is 12.4 Å². The van der Waals surface area contributed by atoms with Gasteiger partial charge in [-0.2, -0.15) is 0 Å². The van der Waals surface area contributed by atoms with Crippen LogP contribution in [-0.2, 0) is 0 Å². The molecule has 4 heteroatoms. The predicted molar refractivity (Wildman–Crippen MR) is 88.7 cm³/mol. The van der Waals surface area contributed by atoms with E-state index in [1.165, 1.54) is 6.42 Å². The molecule has 1 heterocycles. The average Bonchev–Trinajstić information content (AvgIpc) is 2.58. The van der Waals surface area contributed by atoms with E-state index in [1.807, 2.05) is 12.1 Å². The molecule has 3 nitrogen and oxygen atoms in total. The van der Waals surface area contributed by atoms with Gasteiger partial charge in [0.2, 0.25) is 0 Å². The Morgan fingerprint density at radius 3 is 2.43 bits per heavy atom. The molecule has 2 atom stereocenters. The number of likely N-dealkylation sites (tertiary alicyclic amines) is 1. The summed E-state index contributed by atoms with van der Waals surface area (Å²) in [5, 5.41) is 0. The number of nitrogens with two attached hydrogens (primary N) is 1. The van der Waals surface area contributed by atoms with Crippen molar-refractivity contribution >= 4 is 24.0 Å². The number of nitrogen functional groups attached to an aromatic ring is 1. The Morgan fingerprint density at radius 2 is 1.81 bits per heavy atom. The van der Waals surface area contributed by atoms with Crippen LogP contribution in [0.15, 0.2) is 24.3 Å². The number of amides is 1. The van der Waals surface area contributed by atoms with E-state index in [1.54, 1.807) is 12.1 Å². The van der Waals surface area contributed by atoms with Crippen LogP contribution in [0, 0.1) is 10.8 Å². The Balaban J connectivity index is 0.00000161. The fraction of sp³-hybridized carbons (Fsp3) is 0.588. The van der Waals surface area contributed by atoms with Gasteiger partial charge in [0.15, 0.2) is 0 Å². The number of halogens is 1. The number of carbonyl (C=O) groups is 1. The van der Waals surface area contributed by atoms with E-state index in [0.29, 0.717) is 17.1 Å². The lowest BCUT2D eigenvalue weighted by Crippen LogP contribution is -2.37. The molecule has 2 unspecified atom stereocenters. The van der Waals surface area contributed by atoms with Gasteiger partial charge >= 0.3 is 0 Å². The molecule has 0 radical (unpaired) electrons. The Bertz CT molecular complexity index is 540. The number of nitrogens with zero attached hydrogens (tertiary/aromatic N) is 1.